The van der Waals surface area contributed by atoms with E-state index in [1.54, 1.807) is 0 Å². The fourth-order valence-corrected chi connectivity index (χ4v) is 7.84. The summed E-state index contributed by atoms with van der Waals surface area (Å²) < 4.78 is 8.72. The molecule has 1 spiro atoms. The quantitative estimate of drug-likeness (QED) is 0.448. The molecule has 2 amide bonds. The van der Waals surface area contributed by atoms with Gasteiger partial charge in [-0.2, -0.15) is 0 Å². The highest BCUT2D eigenvalue weighted by Crippen LogP contribution is 2.54. The molecular formula is C31H40ClN5O3. The van der Waals surface area contributed by atoms with E-state index in [2.05, 4.69) is 26.6 Å². The minimum absolute atomic E-state index is 0.0328. The van der Waals surface area contributed by atoms with Crippen LogP contribution in [0.4, 0.5) is 0 Å². The van der Waals surface area contributed by atoms with E-state index in [0.29, 0.717) is 49.5 Å². The van der Waals surface area contributed by atoms with E-state index in [1.165, 1.54) is 6.42 Å². The van der Waals surface area contributed by atoms with Gasteiger partial charge in [0, 0.05) is 48.6 Å². The Morgan fingerprint density at radius 3 is 2.67 bits per heavy atom. The summed E-state index contributed by atoms with van der Waals surface area (Å²) in [6.07, 6.45) is 10.2. The molecule has 0 radical (unpaired) electrons. The summed E-state index contributed by atoms with van der Waals surface area (Å²) in [5.41, 5.74) is 2.17. The van der Waals surface area contributed by atoms with Gasteiger partial charge in [-0.1, -0.05) is 31.4 Å². The molecule has 3 atom stereocenters. The van der Waals surface area contributed by atoms with Crippen LogP contribution in [0.25, 0.3) is 0 Å². The van der Waals surface area contributed by atoms with Crippen LogP contribution in [0.1, 0.15) is 99.6 Å². The van der Waals surface area contributed by atoms with Crippen LogP contribution in [-0.2, 0) is 22.6 Å². The Morgan fingerprint density at radius 1 is 1.15 bits per heavy atom. The van der Waals surface area contributed by atoms with Gasteiger partial charge >= 0.3 is 0 Å². The van der Waals surface area contributed by atoms with Crippen LogP contribution < -0.4 is 4.74 Å². The van der Waals surface area contributed by atoms with E-state index < -0.39 is 0 Å². The number of nitrogens with zero attached hydrogens (tertiary/aromatic N) is 5. The molecule has 0 N–H and O–H groups in total. The van der Waals surface area contributed by atoms with Gasteiger partial charge < -0.3 is 19.1 Å². The SMILES string of the molecule is Cc1nnc(COc2ccc(Cl)c3c2[C@@H](CN2CC4(CC4)CC2=O)N(C(=O)[C@@H]2CCCC[C@@H]2C)CC3)n1C1CC1. The number of aromatic nitrogens is 3. The van der Waals surface area contributed by atoms with Crippen molar-refractivity contribution in [3.63, 3.8) is 0 Å². The molecule has 2 aliphatic heterocycles. The maximum atomic E-state index is 14.2. The Balaban J connectivity index is 1.23. The number of carbonyl (C=O) groups excluding carboxylic acids is 2. The van der Waals surface area contributed by atoms with Crippen molar-refractivity contribution in [1.82, 2.24) is 24.6 Å². The Kier molecular flexibility index (Phi) is 6.60. The molecule has 1 aromatic heterocycles. The first-order valence-corrected chi connectivity index (χ1v) is 15.6. The van der Waals surface area contributed by atoms with Gasteiger partial charge in [-0.3, -0.25) is 9.59 Å². The first-order valence-electron chi connectivity index (χ1n) is 15.3. The van der Waals surface area contributed by atoms with Crippen LogP contribution in [0, 0.1) is 24.2 Å². The number of rotatable bonds is 7. The molecule has 4 fully saturated rings. The van der Waals surface area contributed by atoms with Gasteiger partial charge in [0.2, 0.25) is 11.8 Å². The van der Waals surface area contributed by atoms with Crippen molar-refractivity contribution in [2.75, 3.05) is 19.6 Å². The van der Waals surface area contributed by atoms with Gasteiger partial charge in [0.05, 0.1) is 6.04 Å². The van der Waals surface area contributed by atoms with Crippen LogP contribution in [0.2, 0.25) is 5.02 Å². The van der Waals surface area contributed by atoms with E-state index in [1.807, 2.05) is 24.0 Å². The minimum Gasteiger partial charge on any atom is -0.485 e. The summed E-state index contributed by atoms with van der Waals surface area (Å²) in [7, 11) is 0. The molecule has 2 aromatic rings. The second-order valence-electron chi connectivity index (χ2n) is 13.1. The molecule has 1 aromatic carbocycles. The van der Waals surface area contributed by atoms with Crippen molar-refractivity contribution < 1.29 is 14.3 Å². The lowest BCUT2D eigenvalue weighted by Gasteiger charge is -2.43. The van der Waals surface area contributed by atoms with Crippen LogP contribution in [0.5, 0.6) is 5.75 Å². The van der Waals surface area contributed by atoms with E-state index in [4.69, 9.17) is 16.3 Å². The zero-order valence-electron chi connectivity index (χ0n) is 23.7. The van der Waals surface area contributed by atoms with E-state index in [0.717, 1.165) is 80.0 Å². The zero-order chi connectivity index (χ0) is 27.6. The molecule has 5 aliphatic rings. The van der Waals surface area contributed by atoms with Crippen molar-refractivity contribution in [3.05, 3.63) is 39.9 Å². The number of hydrogen-bond acceptors (Lipinski definition) is 5. The molecular weight excluding hydrogens is 526 g/mol. The Hall–Kier alpha value is -2.61. The first kappa shape index (κ1) is 26.3. The van der Waals surface area contributed by atoms with Crippen molar-refractivity contribution in [1.29, 1.82) is 0 Å². The summed E-state index contributed by atoms with van der Waals surface area (Å²) in [5, 5.41) is 9.43. The summed E-state index contributed by atoms with van der Waals surface area (Å²) in [6.45, 7) is 6.42. The monoisotopic (exact) mass is 565 g/mol. The lowest BCUT2D eigenvalue weighted by molar-refractivity contribution is -0.143. The van der Waals surface area contributed by atoms with Crippen LogP contribution in [-0.4, -0.2) is 56.0 Å². The van der Waals surface area contributed by atoms with Gasteiger partial charge in [0.25, 0.3) is 0 Å². The van der Waals surface area contributed by atoms with E-state index in [9.17, 15) is 9.59 Å². The van der Waals surface area contributed by atoms with Crippen LogP contribution in [0.3, 0.4) is 0 Å². The molecule has 3 saturated carbocycles. The third kappa shape index (κ3) is 4.70. The van der Waals surface area contributed by atoms with Crippen molar-refractivity contribution in [3.8, 4) is 5.75 Å². The number of carbonyl (C=O) groups is 2. The van der Waals surface area contributed by atoms with Crippen LogP contribution >= 0.6 is 11.6 Å². The fourth-order valence-electron chi connectivity index (χ4n) is 7.59. The lowest BCUT2D eigenvalue weighted by Crippen LogP contribution is -2.49. The van der Waals surface area contributed by atoms with Gasteiger partial charge in [-0.15, -0.1) is 10.2 Å². The number of amides is 2. The third-order valence-corrected chi connectivity index (χ3v) is 10.6. The Morgan fingerprint density at radius 2 is 1.95 bits per heavy atom. The summed E-state index contributed by atoms with van der Waals surface area (Å²) >= 11 is 6.81. The highest BCUT2D eigenvalue weighted by atomic mass is 35.5. The van der Waals surface area contributed by atoms with Gasteiger partial charge in [0.1, 0.15) is 18.2 Å². The average Bonchev–Trinajstić information content (AvgIpc) is 3.86. The molecule has 0 unspecified atom stereocenters. The van der Waals surface area contributed by atoms with Gasteiger partial charge in [-0.25, -0.2) is 0 Å². The molecule has 0 bridgehead atoms. The number of ether oxygens (including phenoxy) is 1. The Labute approximate surface area is 241 Å². The average molecular weight is 566 g/mol. The lowest BCUT2D eigenvalue weighted by atomic mass is 9.78. The number of aryl methyl sites for hydroxylation is 1. The molecule has 9 heteroatoms. The second kappa shape index (κ2) is 10.0. The van der Waals surface area contributed by atoms with Crippen molar-refractivity contribution >= 4 is 23.4 Å². The number of hydrogen-bond donors (Lipinski definition) is 0. The minimum atomic E-state index is -0.278. The smallest absolute Gasteiger partial charge is 0.226 e. The van der Waals surface area contributed by atoms with Gasteiger partial charge in [0.15, 0.2) is 5.82 Å². The molecule has 8 nitrogen and oxygen atoms in total. The maximum Gasteiger partial charge on any atom is 0.226 e. The predicted octanol–water partition coefficient (Wildman–Crippen LogP) is 5.42. The van der Waals surface area contributed by atoms with E-state index >= 15 is 0 Å². The van der Waals surface area contributed by atoms with E-state index in [-0.39, 0.29) is 29.2 Å². The summed E-state index contributed by atoms with van der Waals surface area (Å²) in [6, 6.07) is 4.02. The first-order chi connectivity index (χ1) is 19.3. The largest absolute Gasteiger partial charge is 0.485 e. The maximum absolute atomic E-state index is 14.2. The number of halogens is 1. The third-order valence-electron chi connectivity index (χ3n) is 10.2. The second-order valence-corrected chi connectivity index (χ2v) is 13.5. The number of benzene rings is 1. The van der Waals surface area contributed by atoms with Crippen molar-refractivity contribution in [2.45, 2.75) is 96.7 Å². The zero-order valence-corrected chi connectivity index (χ0v) is 24.5. The fraction of sp³-hybridized carbons (Fsp3) is 0.677. The highest BCUT2D eigenvalue weighted by Gasteiger charge is 2.52. The number of fused-ring (bicyclic) bond motifs is 1. The topological polar surface area (TPSA) is 80.6 Å². The summed E-state index contributed by atoms with van der Waals surface area (Å²) in [4.78, 5) is 31.5. The van der Waals surface area contributed by atoms with Crippen molar-refractivity contribution in [2.24, 2.45) is 17.3 Å². The Bertz CT molecular complexity index is 1330. The van der Waals surface area contributed by atoms with Gasteiger partial charge in [-0.05, 0) is 80.9 Å². The highest BCUT2D eigenvalue weighted by molar-refractivity contribution is 6.31. The predicted molar refractivity (Wildman–Crippen MR) is 151 cm³/mol. The summed E-state index contributed by atoms with van der Waals surface area (Å²) in [5.74, 6) is 3.31. The molecule has 7 rings (SSSR count). The molecule has 1 saturated heterocycles. The number of likely N-dealkylation sites (tertiary alicyclic amines) is 1. The molecule has 214 valence electrons. The molecule has 3 aliphatic carbocycles. The normalized spacial score (nSPS) is 27.3. The standard InChI is InChI=1S/C31H40ClN5O3/c1-19-5-3-4-6-22(19)30(39)36-14-11-23-24(32)9-10-26(40-17-27-34-33-20(2)37(27)21-7-8-21)29(23)25(36)16-35-18-31(12-13-31)15-28(35)38/h9-10,19,21-22,25H,3-8,11-18H2,1-2H3/t19-,22+,25+/m0/s1. The van der Waals surface area contributed by atoms with Crippen LogP contribution in [0.15, 0.2) is 12.1 Å². The molecule has 40 heavy (non-hydrogen) atoms. The molecule has 3 heterocycles.